The summed E-state index contributed by atoms with van der Waals surface area (Å²) in [5.74, 6) is -0.458. The van der Waals surface area contributed by atoms with Gasteiger partial charge in [-0.25, -0.2) is 4.79 Å². The summed E-state index contributed by atoms with van der Waals surface area (Å²) in [6.07, 6.45) is 5.62. The van der Waals surface area contributed by atoms with Gasteiger partial charge < -0.3 is 10.4 Å². The Morgan fingerprint density at radius 2 is 2.05 bits per heavy atom. The van der Waals surface area contributed by atoms with Gasteiger partial charge in [0.25, 0.3) is 0 Å². The SMILES string of the molecule is O=C(O)[C@@H](CS)NC1=CC=CCN1C(=O)Cc1ccccc1. The van der Waals surface area contributed by atoms with E-state index in [0.29, 0.717) is 12.4 Å². The van der Waals surface area contributed by atoms with Gasteiger partial charge in [0.2, 0.25) is 5.91 Å². The molecule has 0 saturated carbocycles. The number of carboxylic acids is 1. The van der Waals surface area contributed by atoms with Crippen LogP contribution in [0.2, 0.25) is 0 Å². The molecule has 116 valence electrons. The predicted molar refractivity (Wildman–Crippen MR) is 87.5 cm³/mol. The minimum Gasteiger partial charge on any atom is -0.480 e. The highest BCUT2D eigenvalue weighted by atomic mass is 32.1. The van der Waals surface area contributed by atoms with Crippen molar-refractivity contribution in [3.05, 3.63) is 59.9 Å². The fraction of sp³-hybridized carbons (Fsp3) is 0.250. The van der Waals surface area contributed by atoms with Gasteiger partial charge in [-0.3, -0.25) is 9.69 Å². The van der Waals surface area contributed by atoms with E-state index >= 15 is 0 Å². The molecule has 0 spiro atoms. The first-order chi connectivity index (χ1) is 10.6. The number of carbonyl (C=O) groups is 2. The second-order valence-electron chi connectivity index (χ2n) is 4.86. The van der Waals surface area contributed by atoms with Gasteiger partial charge in [-0.15, -0.1) is 0 Å². The number of benzene rings is 1. The van der Waals surface area contributed by atoms with Crippen LogP contribution in [0.1, 0.15) is 5.56 Å². The number of thiol groups is 1. The van der Waals surface area contributed by atoms with E-state index < -0.39 is 12.0 Å². The number of nitrogens with zero attached hydrogens (tertiary/aromatic N) is 1. The first kappa shape index (κ1) is 16.2. The van der Waals surface area contributed by atoms with E-state index in [9.17, 15) is 9.59 Å². The normalized spacial score (nSPS) is 15.1. The number of carboxylic acid groups (broad SMARTS) is 1. The van der Waals surface area contributed by atoms with Crippen LogP contribution in [0.3, 0.4) is 0 Å². The molecule has 5 nitrogen and oxygen atoms in total. The maximum Gasteiger partial charge on any atom is 0.327 e. The zero-order valence-corrected chi connectivity index (χ0v) is 12.9. The van der Waals surface area contributed by atoms with Gasteiger partial charge in [-0.1, -0.05) is 42.5 Å². The Hall–Kier alpha value is -2.21. The molecule has 0 saturated heterocycles. The van der Waals surface area contributed by atoms with Crippen LogP contribution in [-0.4, -0.2) is 40.2 Å². The summed E-state index contributed by atoms with van der Waals surface area (Å²) < 4.78 is 0. The fourth-order valence-corrected chi connectivity index (χ4v) is 2.35. The standard InChI is InChI=1S/C16H18N2O3S/c19-15(10-12-6-2-1-3-7-12)18-9-5-4-8-14(18)17-13(11-22)16(20)21/h1-8,13,17,22H,9-11H2,(H,20,21)/t13-/m1/s1. The molecule has 1 heterocycles. The number of rotatable bonds is 6. The Labute approximate surface area is 134 Å². The summed E-state index contributed by atoms with van der Waals surface area (Å²) in [5.41, 5.74) is 0.922. The van der Waals surface area contributed by atoms with Gasteiger partial charge in [0, 0.05) is 12.3 Å². The average Bonchev–Trinajstić information content (AvgIpc) is 2.53. The minimum absolute atomic E-state index is 0.0856. The summed E-state index contributed by atoms with van der Waals surface area (Å²) in [6.45, 7) is 0.420. The molecule has 2 N–H and O–H groups in total. The Bertz CT molecular complexity index is 599. The molecule has 1 aromatic carbocycles. The quantitative estimate of drug-likeness (QED) is 0.694. The smallest absolute Gasteiger partial charge is 0.327 e. The van der Waals surface area contributed by atoms with E-state index in [1.807, 2.05) is 36.4 Å². The molecule has 0 unspecified atom stereocenters. The van der Waals surface area contributed by atoms with E-state index in [1.54, 1.807) is 17.1 Å². The van der Waals surface area contributed by atoms with Gasteiger partial charge in [0.1, 0.15) is 11.9 Å². The van der Waals surface area contributed by atoms with Crippen LogP contribution in [0, 0.1) is 0 Å². The molecule has 1 aliphatic heterocycles. The summed E-state index contributed by atoms with van der Waals surface area (Å²) in [5, 5.41) is 12.0. The third kappa shape index (κ3) is 4.14. The van der Waals surface area contributed by atoms with Crippen LogP contribution >= 0.6 is 12.6 Å². The van der Waals surface area contributed by atoms with Crippen molar-refractivity contribution in [3.63, 3.8) is 0 Å². The molecule has 1 amide bonds. The summed E-state index contributed by atoms with van der Waals surface area (Å²) >= 11 is 4.02. The Kier molecular flexibility index (Phi) is 5.66. The first-order valence-corrected chi connectivity index (χ1v) is 7.56. The molecule has 1 aromatic rings. The first-order valence-electron chi connectivity index (χ1n) is 6.93. The van der Waals surface area contributed by atoms with Crippen LogP contribution in [0.25, 0.3) is 0 Å². The lowest BCUT2D eigenvalue weighted by atomic mass is 10.1. The molecule has 22 heavy (non-hydrogen) atoms. The van der Waals surface area contributed by atoms with Crippen molar-refractivity contribution in [1.82, 2.24) is 10.2 Å². The Balaban J connectivity index is 2.08. The van der Waals surface area contributed by atoms with Gasteiger partial charge in [-0.05, 0) is 11.6 Å². The molecule has 0 aromatic heterocycles. The lowest BCUT2D eigenvalue weighted by Crippen LogP contribution is -2.46. The van der Waals surface area contributed by atoms with E-state index in [0.717, 1.165) is 5.56 Å². The monoisotopic (exact) mass is 318 g/mol. The predicted octanol–water partition coefficient (Wildman–Crippen LogP) is 1.44. The number of aliphatic carboxylic acids is 1. The third-order valence-corrected chi connectivity index (χ3v) is 3.64. The van der Waals surface area contributed by atoms with Crippen LogP contribution in [0.5, 0.6) is 0 Å². The van der Waals surface area contributed by atoms with Crippen molar-refractivity contribution in [2.24, 2.45) is 0 Å². The molecule has 0 fully saturated rings. The van der Waals surface area contributed by atoms with Crippen LogP contribution in [0.15, 0.2) is 54.4 Å². The molecule has 0 bridgehead atoms. The molecule has 0 radical (unpaired) electrons. The number of carbonyl (C=O) groups excluding carboxylic acids is 1. The number of allylic oxidation sites excluding steroid dienone is 2. The molecule has 2 rings (SSSR count). The number of amides is 1. The van der Waals surface area contributed by atoms with Gasteiger partial charge >= 0.3 is 5.97 Å². The molecular formula is C16H18N2O3S. The molecule has 0 aliphatic carbocycles. The lowest BCUT2D eigenvalue weighted by Gasteiger charge is -2.29. The van der Waals surface area contributed by atoms with E-state index in [-0.39, 0.29) is 18.1 Å². The highest BCUT2D eigenvalue weighted by Crippen LogP contribution is 2.12. The maximum absolute atomic E-state index is 12.5. The molecule has 6 heteroatoms. The summed E-state index contributed by atoms with van der Waals surface area (Å²) in [4.78, 5) is 25.1. The highest BCUT2D eigenvalue weighted by Gasteiger charge is 2.23. The zero-order valence-electron chi connectivity index (χ0n) is 12.0. The average molecular weight is 318 g/mol. The van der Waals surface area contributed by atoms with Crippen molar-refractivity contribution < 1.29 is 14.7 Å². The van der Waals surface area contributed by atoms with Crippen molar-refractivity contribution in [2.75, 3.05) is 12.3 Å². The minimum atomic E-state index is -0.999. The zero-order chi connectivity index (χ0) is 15.9. The Morgan fingerprint density at radius 3 is 2.68 bits per heavy atom. The number of hydrogen-bond donors (Lipinski definition) is 3. The lowest BCUT2D eigenvalue weighted by molar-refractivity contribution is -0.139. The maximum atomic E-state index is 12.5. The highest BCUT2D eigenvalue weighted by molar-refractivity contribution is 7.80. The van der Waals surface area contributed by atoms with Crippen molar-refractivity contribution >= 4 is 24.5 Å². The fourth-order valence-electron chi connectivity index (χ4n) is 2.11. The number of hydrogen-bond acceptors (Lipinski definition) is 4. The van der Waals surface area contributed by atoms with Crippen LogP contribution in [0.4, 0.5) is 0 Å². The van der Waals surface area contributed by atoms with Gasteiger partial charge in [-0.2, -0.15) is 12.6 Å². The third-order valence-electron chi connectivity index (χ3n) is 3.27. The van der Waals surface area contributed by atoms with Gasteiger partial charge in [0.05, 0.1) is 6.42 Å². The van der Waals surface area contributed by atoms with E-state index in [2.05, 4.69) is 17.9 Å². The Morgan fingerprint density at radius 1 is 1.32 bits per heavy atom. The van der Waals surface area contributed by atoms with Crippen LogP contribution < -0.4 is 5.32 Å². The molecular weight excluding hydrogens is 300 g/mol. The molecule has 1 aliphatic rings. The van der Waals surface area contributed by atoms with Gasteiger partial charge in [0.15, 0.2) is 0 Å². The second-order valence-corrected chi connectivity index (χ2v) is 5.23. The van der Waals surface area contributed by atoms with E-state index in [4.69, 9.17) is 5.11 Å². The number of nitrogens with one attached hydrogen (secondary N) is 1. The van der Waals surface area contributed by atoms with Crippen molar-refractivity contribution in [2.45, 2.75) is 12.5 Å². The van der Waals surface area contributed by atoms with E-state index in [1.165, 1.54) is 0 Å². The second kappa shape index (κ2) is 7.70. The largest absolute Gasteiger partial charge is 0.480 e. The van der Waals surface area contributed by atoms with Crippen molar-refractivity contribution in [3.8, 4) is 0 Å². The summed E-state index contributed by atoms with van der Waals surface area (Å²) in [7, 11) is 0. The topological polar surface area (TPSA) is 69.6 Å². The summed E-state index contributed by atoms with van der Waals surface area (Å²) in [6, 6.07) is 8.61. The van der Waals surface area contributed by atoms with Crippen LogP contribution in [-0.2, 0) is 16.0 Å². The molecule has 1 atom stereocenters. The van der Waals surface area contributed by atoms with Crippen molar-refractivity contribution in [1.29, 1.82) is 0 Å².